The summed E-state index contributed by atoms with van der Waals surface area (Å²) in [4.78, 5) is 33.9. The fourth-order valence-electron chi connectivity index (χ4n) is 1.49. The quantitative estimate of drug-likeness (QED) is 0.464. The molecule has 0 spiro atoms. The lowest BCUT2D eigenvalue weighted by molar-refractivity contribution is -0.150. The Hall–Kier alpha value is -1.39. The number of nitrogens with zero attached hydrogens (tertiary/aromatic N) is 1. The first kappa shape index (κ1) is 10.7. The second-order valence-corrected chi connectivity index (χ2v) is 3.21. The lowest BCUT2D eigenvalue weighted by atomic mass is 10.2. The van der Waals surface area contributed by atoms with E-state index < -0.39 is 5.97 Å². The minimum Gasteiger partial charge on any atom is -0.456 e. The van der Waals surface area contributed by atoms with Crippen LogP contribution in [0.5, 0.6) is 0 Å². The molecule has 1 unspecified atom stereocenters. The number of hydrogen-bond acceptors (Lipinski definition) is 4. The third-order valence-electron chi connectivity index (χ3n) is 2.18. The molecule has 1 atom stereocenters. The molecule has 14 heavy (non-hydrogen) atoms. The van der Waals surface area contributed by atoms with Gasteiger partial charge < -0.3 is 14.4 Å². The third kappa shape index (κ3) is 2.55. The van der Waals surface area contributed by atoms with E-state index in [9.17, 15) is 14.4 Å². The van der Waals surface area contributed by atoms with E-state index in [2.05, 4.69) is 4.74 Å². The van der Waals surface area contributed by atoms with Crippen LogP contribution in [0, 0.1) is 0 Å². The van der Waals surface area contributed by atoms with Crippen LogP contribution < -0.4 is 0 Å². The molecule has 0 aromatic rings. The number of amides is 1. The number of likely N-dealkylation sites (tertiary alicyclic amines) is 1. The van der Waals surface area contributed by atoms with Crippen LogP contribution >= 0.6 is 0 Å². The van der Waals surface area contributed by atoms with Gasteiger partial charge in [0.25, 0.3) is 5.91 Å². The summed E-state index contributed by atoms with van der Waals surface area (Å²) < 4.78 is 4.56. The molecule has 1 heterocycles. The minimum atomic E-state index is -0.486. The molecule has 0 bridgehead atoms. The van der Waals surface area contributed by atoms with Crippen molar-refractivity contribution in [1.82, 2.24) is 4.90 Å². The monoisotopic (exact) mass is 199 g/mol. The van der Waals surface area contributed by atoms with Crippen molar-refractivity contribution in [2.75, 3.05) is 13.2 Å². The molecule has 0 radical (unpaired) electrons. The number of carbonyl (C=O) groups is 3. The van der Waals surface area contributed by atoms with Gasteiger partial charge in [-0.1, -0.05) is 0 Å². The largest absolute Gasteiger partial charge is 0.456 e. The van der Waals surface area contributed by atoms with Crippen LogP contribution in [0.25, 0.3) is 0 Å². The highest BCUT2D eigenvalue weighted by molar-refractivity contribution is 5.83. The number of esters is 1. The van der Waals surface area contributed by atoms with Gasteiger partial charge >= 0.3 is 5.97 Å². The second-order valence-electron chi connectivity index (χ2n) is 3.21. The summed E-state index contributed by atoms with van der Waals surface area (Å²) in [5.74, 6) is -0.782. The molecule has 0 aromatic heterocycles. The first-order chi connectivity index (χ1) is 6.65. The van der Waals surface area contributed by atoms with Crippen LogP contribution in [0.15, 0.2) is 0 Å². The zero-order valence-electron chi connectivity index (χ0n) is 8.06. The van der Waals surface area contributed by atoms with Crippen LogP contribution in [0.2, 0.25) is 0 Å². The summed E-state index contributed by atoms with van der Waals surface area (Å²) in [7, 11) is 0. The maximum absolute atomic E-state index is 11.4. The van der Waals surface area contributed by atoms with Crippen LogP contribution in [-0.2, 0) is 19.1 Å². The van der Waals surface area contributed by atoms with Gasteiger partial charge in [0.2, 0.25) is 0 Å². The Labute approximate surface area is 82.0 Å². The Morgan fingerprint density at radius 1 is 1.57 bits per heavy atom. The Bertz CT molecular complexity index is 251. The predicted molar refractivity (Wildman–Crippen MR) is 47.4 cm³/mol. The molecule has 0 saturated carbocycles. The smallest absolute Gasteiger partial charge is 0.303 e. The Kier molecular flexibility index (Phi) is 3.62. The molecule has 0 N–H and O–H groups in total. The van der Waals surface area contributed by atoms with E-state index in [1.165, 1.54) is 11.8 Å². The average Bonchev–Trinajstić information content (AvgIpc) is 2.61. The lowest BCUT2D eigenvalue weighted by Gasteiger charge is -2.19. The van der Waals surface area contributed by atoms with Gasteiger partial charge in [0, 0.05) is 13.5 Å². The van der Waals surface area contributed by atoms with E-state index in [0.717, 1.165) is 12.7 Å². The zero-order chi connectivity index (χ0) is 10.6. The van der Waals surface area contributed by atoms with Crippen molar-refractivity contribution in [2.45, 2.75) is 25.8 Å². The molecule has 0 aliphatic carbocycles. The number of aldehydes is 1. The standard InChI is InChI=1S/C9H13NO4/c1-7(12)14-6-9(13)10-4-2-3-8(10)5-11/h5,8H,2-4,6H2,1H3. The highest BCUT2D eigenvalue weighted by atomic mass is 16.5. The van der Waals surface area contributed by atoms with Crippen molar-refractivity contribution in [2.24, 2.45) is 0 Å². The molecule has 5 nitrogen and oxygen atoms in total. The summed E-state index contributed by atoms with van der Waals surface area (Å²) in [6, 6.07) is -0.335. The molecular formula is C9H13NO4. The molecule has 0 aromatic carbocycles. The molecule has 78 valence electrons. The second kappa shape index (κ2) is 4.74. The van der Waals surface area contributed by atoms with Crippen molar-refractivity contribution >= 4 is 18.2 Å². The minimum absolute atomic E-state index is 0.264. The summed E-state index contributed by atoms with van der Waals surface area (Å²) in [5.41, 5.74) is 0. The van der Waals surface area contributed by atoms with Crippen molar-refractivity contribution in [3.05, 3.63) is 0 Å². The third-order valence-corrected chi connectivity index (χ3v) is 2.18. The summed E-state index contributed by atoms with van der Waals surface area (Å²) in [6.07, 6.45) is 2.29. The van der Waals surface area contributed by atoms with Crippen LogP contribution in [-0.4, -0.2) is 42.3 Å². The van der Waals surface area contributed by atoms with Gasteiger partial charge in [0.1, 0.15) is 6.29 Å². The number of carbonyl (C=O) groups excluding carboxylic acids is 3. The highest BCUT2D eigenvalue weighted by Crippen LogP contribution is 2.15. The molecule has 1 aliphatic heterocycles. The van der Waals surface area contributed by atoms with Crippen LogP contribution in [0.4, 0.5) is 0 Å². The number of hydrogen-bond donors (Lipinski definition) is 0. The van der Waals surface area contributed by atoms with E-state index in [-0.39, 0.29) is 18.6 Å². The maximum Gasteiger partial charge on any atom is 0.303 e. The van der Waals surface area contributed by atoms with E-state index >= 15 is 0 Å². The van der Waals surface area contributed by atoms with Crippen LogP contribution in [0.3, 0.4) is 0 Å². The topological polar surface area (TPSA) is 63.7 Å². The summed E-state index contributed by atoms with van der Waals surface area (Å²) in [5, 5.41) is 0. The van der Waals surface area contributed by atoms with Gasteiger partial charge in [-0.3, -0.25) is 9.59 Å². The summed E-state index contributed by atoms with van der Waals surface area (Å²) in [6.45, 7) is 1.55. The van der Waals surface area contributed by atoms with Crippen LogP contribution in [0.1, 0.15) is 19.8 Å². The van der Waals surface area contributed by atoms with Crippen molar-refractivity contribution in [3.63, 3.8) is 0 Å². The molecule has 1 rings (SSSR count). The van der Waals surface area contributed by atoms with E-state index in [4.69, 9.17) is 0 Å². The Morgan fingerprint density at radius 2 is 2.29 bits per heavy atom. The van der Waals surface area contributed by atoms with E-state index in [1.54, 1.807) is 0 Å². The Balaban J connectivity index is 2.43. The Morgan fingerprint density at radius 3 is 2.86 bits per heavy atom. The molecule has 5 heteroatoms. The van der Waals surface area contributed by atoms with Gasteiger partial charge in [-0.15, -0.1) is 0 Å². The van der Waals surface area contributed by atoms with Gasteiger partial charge in [-0.05, 0) is 12.8 Å². The lowest BCUT2D eigenvalue weighted by Crippen LogP contribution is -2.39. The first-order valence-corrected chi connectivity index (χ1v) is 4.53. The maximum atomic E-state index is 11.4. The predicted octanol–water partition coefficient (Wildman–Crippen LogP) is -0.261. The number of ether oxygens (including phenoxy) is 1. The molecule has 1 saturated heterocycles. The van der Waals surface area contributed by atoms with Crippen molar-refractivity contribution < 1.29 is 19.1 Å². The van der Waals surface area contributed by atoms with Gasteiger partial charge in [0.05, 0.1) is 6.04 Å². The zero-order valence-corrected chi connectivity index (χ0v) is 8.06. The van der Waals surface area contributed by atoms with Gasteiger partial charge in [-0.2, -0.15) is 0 Å². The molecule has 1 amide bonds. The number of rotatable bonds is 3. The van der Waals surface area contributed by atoms with Gasteiger partial charge in [-0.25, -0.2) is 0 Å². The fraction of sp³-hybridized carbons (Fsp3) is 0.667. The highest BCUT2D eigenvalue weighted by Gasteiger charge is 2.28. The van der Waals surface area contributed by atoms with Crippen molar-refractivity contribution in [1.29, 1.82) is 0 Å². The van der Waals surface area contributed by atoms with Gasteiger partial charge in [0.15, 0.2) is 6.61 Å². The van der Waals surface area contributed by atoms with Crippen molar-refractivity contribution in [3.8, 4) is 0 Å². The SMILES string of the molecule is CC(=O)OCC(=O)N1CCCC1C=O. The molecule has 1 fully saturated rings. The molecule has 1 aliphatic rings. The molecular weight excluding hydrogens is 186 g/mol. The normalized spacial score (nSPS) is 20.6. The summed E-state index contributed by atoms with van der Waals surface area (Å²) >= 11 is 0. The first-order valence-electron chi connectivity index (χ1n) is 4.53. The van der Waals surface area contributed by atoms with E-state index in [1.807, 2.05) is 0 Å². The fourth-order valence-corrected chi connectivity index (χ4v) is 1.49. The van der Waals surface area contributed by atoms with E-state index in [0.29, 0.717) is 13.0 Å². The average molecular weight is 199 g/mol.